The van der Waals surface area contributed by atoms with E-state index in [-0.39, 0.29) is 11.1 Å². The molecule has 0 aromatic carbocycles. The van der Waals surface area contributed by atoms with Gasteiger partial charge in [-0.3, -0.25) is 0 Å². The van der Waals surface area contributed by atoms with E-state index in [1.807, 2.05) is 13.8 Å². The van der Waals surface area contributed by atoms with Crippen molar-refractivity contribution in [3.63, 3.8) is 0 Å². The Morgan fingerprint density at radius 1 is 1.53 bits per heavy atom. The smallest absolute Gasteiger partial charge is 0.260 e. The molecule has 96 valence electrons. The topological polar surface area (TPSA) is 66.1 Å². The maximum absolute atomic E-state index is 12.4. The average Bonchev–Trinajstić information content (AvgIpc) is 2.96. The Morgan fingerprint density at radius 3 is 2.59 bits per heavy atom. The third-order valence-corrected chi connectivity index (χ3v) is 4.59. The molecule has 0 radical (unpaired) electrons. The van der Waals surface area contributed by atoms with Gasteiger partial charge in [0.25, 0.3) is 10.0 Å². The maximum Gasteiger partial charge on any atom is 0.260 e. The monoisotopic (exact) mass is 257 g/mol. The molecule has 6 heteroatoms. The number of sulfonamides is 1. The Labute approximate surface area is 102 Å². The molecule has 1 fully saturated rings. The fourth-order valence-electron chi connectivity index (χ4n) is 1.82. The minimum atomic E-state index is -3.40. The van der Waals surface area contributed by atoms with Gasteiger partial charge in [-0.2, -0.15) is 4.31 Å². The molecular weight excluding hydrogens is 238 g/mol. The minimum Gasteiger partial charge on any atom is -0.332 e. The van der Waals surface area contributed by atoms with Crippen LogP contribution in [0.1, 0.15) is 32.5 Å². The first-order valence-corrected chi connectivity index (χ1v) is 7.38. The molecule has 1 aromatic rings. The summed E-state index contributed by atoms with van der Waals surface area (Å²) in [6, 6.07) is 0.186. The first-order valence-electron chi connectivity index (χ1n) is 5.94. The molecule has 0 saturated heterocycles. The number of hydrogen-bond acceptors (Lipinski definition) is 3. The van der Waals surface area contributed by atoms with Crippen LogP contribution in [0.5, 0.6) is 0 Å². The van der Waals surface area contributed by atoms with Crippen molar-refractivity contribution < 1.29 is 8.42 Å². The van der Waals surface area contributed by atoms with Gasteiger partial charge in [-0.15, -0.1) is 0 Å². The summed E-state index contributed by atoms with van der Waals surface area (Å²) in [5.41, 5.74) is 0. The summed E-state index contributed by atoms with van der Waals surface area (Å²) in [4.78, 5) is 6.77. The van der Waals surface area contributed by atoms with E-state index in [4.69, 9.17) is 0 Å². The molecule has 0 aliphatic heterocycles. The fraction of sp³-hybridized carbons (Fsp3) is 0.727. The van der Waals surface area contributed by atoms with Crippen LogP contribution >= 0.6 is 0 Å². The Balaban J connectivity index is 2.28. The van der Waals surface area contributed by atoms with Crippen LogP contribution in [0.4, 0.5) is 0 Å². The number of hydrogen-bond donors (Lipinski definition) is 1. The number of nitrogens with one attached hydrogen (secondary N) is 1. The van der Waals surface area contributed by atoms with E-state index >= 15 is 0 Å². The van der Waals surface area contributed by atoms with Gasteiger partial charge in [0.2, 0.25) is 0 Å². The fourth-order valence-corrected chi connectivity index (χ4v) is 3.63. The van der Waals surface area contributed by atoms with Crippen molar-refractivity contribution in [3.05, 3.63) is 12.0 Å². The molecule has 1 aromatic heterocycles. The highest BCUT2D eigenvalue weighted by Crippen LogP contribution is 2.32. The van der Waals surface area contributed by atoms with E-state index in [2.05, 4.69) is 9.97 Å². The summed E-state index contributed by atoms with van der Waals surface area (Å²) in [7, 11) is -3.40. The van der Waals surface area contributed by atoms with Crippen molar-refractivity contribution in [2.24, 2.45) is 5.92 Å². The normalized spacial score (nSPS) is 17.0. The highest BCUT2D eigenvalue weighted by atomic mass is 32.2. The molecule has 1 saturated carbocycles. The summed E-state index contributed by atoms with van der Waals surface area (Å²) >= 11 is 0. The minimum absolute atomic E-state index is 0.186. The second-order valence-electron chi connectivity index (χ2n) is 5.03. The zero-order valence-corrected chi connectivity index (χ0v) is 11.3. The van der Waals surface area contributed by atoms with Crippen LogP contribution in [-0.4, -0.2) is 35.3 Å². The zero-order chi connectivity index (χ0) is 12.6. The first-order chi connectivity index (χ1) is 7.91. The second-order valence-corrected chi connectivity index (χ2v) is 6.89. The van der Waals surface area contributed by atoms with Crippen molar-refractivity contribution in [3.8, 4) is 0 Å². The summed E-state index contributed by atoms with van der Waals surface area (Å²) in [5.74, 6) is 0.957. The molecule has 1 aliphatic carbocycles. The van der Waals surface area contributed by atoms with Crippen LogP contribution in [0.2, 0.25) is 0 Å². The summed E-state index contributed by atoms with van der Waals surface area (Å²) in [6.07, 6.45) is 3.35. The van der Waals surface area contributed by atoms with E-state index in [0.717, 1.165) is 12.8 Å². The van der Waals surface area contributed by atoms with Crippen LogP contribution in [-0.2, 0) is 10.0 Å². The van der Waals surface area contributed by atoms with Gasteiger partial charge in [-0.1, -0.05) is 13.8 Å². The second kappa shape index (κ2) is 4.42. The Bertz CT molecular complexity index is 489. The van der Waals surface area contributed by atoms with Crippen LogP contribution < -0.4 is 0 Å². The molecule has 0 bridgehead atoms. The quantitative estimate of drug-likeness (QED) is 0.870. The molecule has 0 amide bonds. The van der Waals surface area contributed by atoms with Gasteiger partial charge in [0.1, 0.15) is 5.82 Å². The van der Waals surface area contributed by atoms with E-state index < -0.39 is 10.0 Å². The summed E-state index contributed by atoms with van der Waals surface area (Å²) in [5, 5.41) is 0.211. The van der Waals surface area contributed by atoms with E-state index in [1.165, 1.54) is 6.20 Å². The molecule has 17 heavy (non-hydrogen) atoms. The predicted molar refractivity (Wildman–Crippen MR) is 65.1 cm³/mol. The van der Waals surface area contributed by atoms with Gasteiger partial charge in [0, 0.05) is 12.6 Å². The molecule has 0 spiro atoms. The van der Waals surface area contributed by atoms with Gasteiger partial charge in [-0.25, -0.2) is 13.4 Å². The lowest BCUT2D eigenvalue weighted by molar-refractivity contribution is 0.359. The lowest BCUT2D eigenvalue weighted by Gasteiger charge is -2.22. The lowest BCUT2D eigenvalue weighted by Crippen LogP contribution is -2.36. The number of aromatic amines is 1. The van der Waals surface area contributed by atoms with Crippen molar-refractivity contribution in [2.45, 2.75) is 44.7 Å². The number of imidazole rings is 1. The third-order valence-electron chi connectivity index (χ3n) is 2.77. The molecule has 1 aliphatic rings. The number of nitrogens with zero attached hydrogens (tertiary/aromatic N) is 2. The first kappa shape index (κ1) is 12.6. The number of aromatic nitrogens is 2. The van der Waals surface area contributed by atoms with E-state index in [0.29, 0.717) is 18.3 Å². The van der Waals surface area contributed by atoms with Crippen molar-refractivity contribution in [2.75, 3.05) is 6.54 Å². The van der Waals surface area contributed by atoms with Crippen molar-refractivity contribution >= 4 is 10.0 Å². The molecule has 0 atom stereocenters. The maximum atomic E-state index is 12.4. The number of aryl methyl sites for hydroxylation is 1. The summed E-state index contributed by atoms with van der Waals surface area (Å²) < 4.78 is 26.5. The SMILES string of the molecule is Cc1ncc(S(=O)(=O)N(CC(C)C)C2CC2)[nH]1. The Morgan fingerprint density at radius 2 is 2.18 bits per heavy atom. The standard InChI is InChI=1S/C11H19N3O2S/c1-8(2)7-14(10-4-5-10)17(15,16)11-6-12-9(3)13-11/h6,8,10H,4-5,7H2,1-3H3,(H,12,13). The Kier molecular flexibility index (Phi) is 3.27. The van der Waals surface area contributed by atoms with Gasteiger partial charge in [0.15, 0.2) is 5.03 Å². The van der Waals surface area contributed by atoms with Crippen molar-refractivity contribution in [1.29, 1.82) is 0 Å². The molecule has 0 unspecified atom stereocenters. The van der Waals surface area contributed by atoms with Gasteiger partial charge in [-0.05, 0) is 25.7 Å². The van der Waals surface area contributed by atoms with Crippen LogP contribution in [0, 0.1) is 12.8 Å². The highest BCUT2D eigenvalue weighted by Gasteiger charge is 2.38. The van der Waals surface area contributed by atoms with Crippen LogP contribution in [0.15, 0.2) is 11.2 Å². The number of rotatable bonds is 5. The average molecular weight is 257 g/mol. The highest BCUT2D eigenvalue weighted by molar-refractivity contribution is 7.89. The molecule has 1 N–H and O–H groups in total. The van der Waals surface area contributed by atoms with Crippen LogP contribution in [0.25, 0.3) is 0 Å². The molecular formula is C11H19N3O2S. The summed E-state index contributed by atoms with van der Waals surface area (Å²) in [6.45, 7) is 6.39. The zero-order valence-electron chi connectivity index (χ0n) is 10.5. The third kappa shape index (κ3) is 2.69. The largest absolute Gasteiger partial charge is 0.332 e. The lowest BCUT2D eigenvalue weighted by atomic mass is 10.2. The van der Waals surface area contributed by atoms with Gasteiger partial charge in [0.05, 0.1) is 6.20 Å². The van der Waals surface area contributed by atoms with Gasteiger partial charge < -0.3 is 4.98 Å². The van der Waals surface area contributed by atoms with E-state index in [9.17, 15) is 8.42 Å². The molecule has 2 rings (SSSR count). The Hall–Kier alpha value is -0.880. The van der Waals surface area contributed by atoms with Crippen LogP contribution in [0.3, 0.4) is 0 Å². The van der Waals surface area contributed by atoms with Crippen molar-refractivity contribution in [1.82, 2.24) is 14.3 Å². The molecule has 5 nitrogen and oxygen atoms in total. The molecule has 1 heterocycles. The number of H-pyrrole nitrogens is 1. The van der Waals surface area contributed by atoms with E-state index in [1.54, 1.807) is 11.2 Å². The predicted octanol–water partition coefficient (Wildman–Crippen LogP) is 1.53. The van der Waals surface area contributed by atoms with Gasteiger partial charge >= 0.3 is 0 Å².